The molecule has 31 heavy (non-hydrogen) atoms. The van der Waals surface area contributed by atoms with Crippen LogP contribution in [-0.2, 0) is 9.59 Å². The molecule has 0 bridgehead atoms. The lowest BCUT2D eigenvalue weighted by Gasteiger charge is -2.11. The third kappa shape index (κ3) is 7.24. The normalized spacial score (nSPS) is 10.3. The van der Waals surface area contributed by atoms with Crippen LogP contribution >= 0.6 is 23.4 Å². The summed E-state index contributed by atoms with van der Waals surface area (Å²) in [6, 6.07) is 21.4. The van der Waals surface area contributed by atoms with E-state index in [4.69, 9.17) is 21.1 Å². The predicted molar refractivity (Wildman–Crippen MR) is 124 cm³/mol. The molecule has 3 aromatic carbocycles. The first kappa shape index (κ1) is 22.5. The topological polar surface area (TPSA) is 76.7 Å². The van der Waals surface area contributed by atoms with Gasteiger partial charge in [0.15, 0.2) is 6.61 Å². The van der Waals surface area contributed by atoms with E-state index in [1.807, 2.05) is 30.3 Å². The Morgan fingerprint density at radius 1 is 0.935 bits per heavy atom. The smallest absolute Gasteiger partial charge is 0.262 e. The van der Waals surface area contributed by atoms with Crippen molar-refractivity contribution in [3.8, 4) is 11.5 Å². The van der Waals surface area contributed by atoms with E-state index in [0.29, 0.717) is 27.9 Å². The largest absolute Gasteiger partial charge is 0.495 e. The average Bonchev–Trinajstić information content (AvgIpc) is 2.77. The SMILES string of the molecule is COc1ccc(Cl)cc1NC(=O)CSc1cccc(NC(=O)COc2ccccc2)c1. The lowest BCUT2D eigenvalue weighted by Crippen LogP contribution is -2.20. The number of para-hydroxylation sites is 1. The molecular weight excluding hydrogens is 436 g/mol. The summed E-state index contributed by atoms with van der Waals surface area (Å²) in [5, 5.41) is 6.09. The molecule has 0 spiro atoms. The molecule has 6 nitrogen and oxygen atoms in total. The third-order valence-electron chi connectivity index (χ3n) is 4.04. The van der Waals surface area contributed by atoms with Gasteiger partial charge in [-0.05, 0) is 48.5 Å². The zero-order valence-electron chi connectivity index (χ0n) is 16.8. The maximum atomic E-state index is 12.3. The first-order valence-corrected chi connectivity index (χ1v) is 10.7. The molecule has 3 aromatic rings. The van der Waals surface area contributed by atoms with Crippen molar-refractivity contribution in [2.24, 2.45) is 0 Å². The molecule has 0 saturated carbocycles. The van der Waals surface area contributed by atoms with E-state index in [9.17, 15) is 9.59 Å². The van der Waals surface area contributed by atoms with Crippen molar-refractivity contribution in [2.45, 2.75) is 4.90 Å². The van der Waals surface area contributed by atoms with Crippen LogP contribution in [0.5, 0.6) is 11.5 Å². The first-order valence-electron chi connectivity index (χ1n) is 9.37. The first-order chi connectivity index (χ1) is 15.0. The Hall–Kier alpha value is -3.16. The van der Waals surface area contributed by atoms with Crippen molar-refractivity contribution in [3.05, 3.63) is 77.8 Å². The van der Waals surface area contributed by atoms with E-state index in [1.165, 1.54) is 18.9 Å². The third-order valence-corrected chi connectivity index (χ3v) is 5.27. The molecule has 0 aliphatic rings. The van der Waals surface area contributed by atoms with Crippen LogP contribution in [0.4, 0.5) is 11.4 Å². The molecule has 0 unspecified atom stereocenters. The predicted octanol–water partition coefficient (Wildman–Crippen LogP) is 5.10. The Morgan fingerprint density at radius 2 is 1.74 bits per heavy atom. The average molecular weight is 457 g/mol. The maximum absolute atomic E-state index is 12.3. The van der Waals surface area contributed by atoms with Gasteiger partial charge in [-0.2, -0.15) is 0 Å². The Labute approximate surface area is 189 Å². The number of nitrogens with one attached hydrogen (secondary N) is 2. The summed E-state index contributed by atoms with van der Waals surface area (Å²) in [5.74, 6) is 0.882. The number of hydrogen-bond donors (Lipinski definition) is 2. The molecule has 0 aliphatic heterocycles. The number of carbonyl (C=O) groups is 2. The highest BCUT2D eigenvalue weighted by molar-refractivity contribution is 8.00. The number of rotatable bonds is 9. The fourth-order valence-corrected chi connectivity index (χ4v) is 3.57. The highest BCUT2D eigenvalue weighted by Crippen LogP contribution is 2.28. The van der Waals surface area contributed by atoms with Crippen LogP contribution in [0.1, 0.15) is 0 Å². The Kier molecular flexibility index (Phi) is 8.20. The second-order valence-electron chi connectivity index (χ2n) is 6.36. The molecule has 3 rings (SSSR count). The molecular formula is C23H21ClN2O4S. The summed E-state index contributed by atoms with van der Waals surface area (Å²) in [6.45, 7) is -0.0920. The number of ether oxygens (including phenoxy) is 2. The van der Waals surface area contributed by atoms with Crippen LogP contribution in [0.3, 0.4) is 0 Å². The molecule has 0 fully saturated rings. The quantitative estimate of drug-likeness (QED) is 0.438. The molecule has 2 amide bonds. The second kappa shape index (κ2) is 11.3. The number of thioether (sulfide) groups is 1. The molecule has 0 aromatic heterocycles. The van der Waals surface area contributed by atoms with Gasteiger partial charge in [-0.3, -0.25) is 9.59 Å². The molecule has 160 valence electrons. The van der Waals surface area contributed by atoms with Gasteiger partial charge < -0.3 is 20.1 Å². The number of anilines is 2. The van der Waals surface area contributed by atoms with Crippen molar-refractivity contribution in [1.29, 1.82) is 0 Å². The van der Waals surface area contributed by atoms with Crippen molar-refractivity contribution < 1.29 is 19.1 Å². The Morgan fingerprint density at radius 3 is 2.52 bits per heavy atom. The van der Waals surface area contributed by atoms with Gasteiger partial charge in [-0.1, -0.05) is 35.9 Å². The van der Waals surface area contributed by atoms with Crippen LogP contribution in [0.2, 0.25) is 5.02 Å². The number of carbonyl (C=O) groups excluding carboxylic acids is 2. The van der Waals surface area contributed by atoms with Gasteiger partial charge in [-0.15, -0.1) is 11.8 Å². The number of amides is 2. The molecule has 8 heteroatoms. The molecule has 0 radical (unpaired) electrons. The minimum absolute atomic E-state index is 0.0920. The van der Waals surface area contributed by atoms with Crippen molar-refractivity contribution in [2.75, 3.05) is 30.1 Å². The van der Waals surface area contributed by atoms with E-state index < -0.39 is 0 Å². The summed E-state index contributed by atoms with van der Waals surface area (Å²) >= 11 is 7.34. The van der Waals surface area contributed by atoms with Gasteiger partial charge in [0.2, 0.25) is 5.91 Å². The van der Waals surface area contributed by atoms with Gasteiger partial charge in [0.05, 0.1) is 18.6 Å². The maximum Gasteiger partial charge on any atom is 0.262 e. The summed E-state index contributed by atoms with van der Waals surface area (Å²) in [4.78, 5) is 25.3. The summed E-state index contributed by atoms with van der Waals surface area (Å²) in [7, 11) is 1.53. The second-order valence-corrected chi connectivity index (χ2v) is 7.84. The Balaban J connectivity index is 1.50. The van der Waals surface area contributed by atoms with Crippen molar-refractivity contribution >= 4 is 46.6 Å². The molecule has 0 aliphatic carbocycles. The van der Waals surface area contributed by atoms with Crippen LogP contribution < -0.4 is 20.1 Å². The van der Waals surface area contributed by atoms with Crippen molar-refractivity contribution in [3.63, 3.8) is 0 Å². The highest BCUT2D eigenvalue weighted by atomic mass is 35.5. The number of halogens is 1. The standard InChI is InChI=1S/C23H21ClN2O4S/c1-29-21-11-10-16(24)12-20(21)26-23(28)15-31-19-9-5-6-17(13-19)25-22(27)14-30-18-7-3-2-4-8-18/h2-13H,14-15H2,1H3,(H,25,27)(H,26,28). The summed E-state index contributed by atoms with van der Waals surface area (Å²) < 4.78 is 10.7. The minimum atomic E-state index is -0.267. The fraction of sp³-hybridized carbons (Fsp3) is 0.130. The van der Waals surface area contributed by atoms with Gasteiger partial charge in [0.25, 0.3) is 5.91 Å². The summed E-state index contributed by atoms with van der Waals surface area (Å²) in [5.41, 5.74) is 1.14. The highest BCUT2D eigenvalue weighted by Gasteiger charge is 2.10. The number of hydrogen-bond acceptors (Lipinski definition) is 5. The molecule has 0 saturated heterocycles. The van der Waals surface area contributed by atoms with Crippen LogP contribution in [-0.4, -0.2) is 31.3 Å². The summed E-state index contributed by atoms with van der Waals surface area (Å²) in [6.07, 6.45) is 0. The van der Waals surface area contributed by atoms with E-state index in [2.05, 4.69) is 10.6 Å². The van der Waals surface area contributed by atoms with E-state index in [0.717, 1.165) is 4.90 Å². The number of methoxy groups -OCH3 is 1. The molecule has 0 atom stereocenters. The van der Waals surface area contributed by atoms with Crippen LogP contribution in [0, 0.1) is 0 Å². The van der Waals surface area contributed by atoms with Crippen molar-refractivity contribution in [1.82, 2.24) is 0 Å². The zero-order valence-corrected chi connectivity index (χ0v) is 18.3. The van der Waals surface area contributed by atoms with Gasteiger partial charge in [0.1, 0.15) is 11.5 Å². The minimum Gasteiger partial charge on any atom is -0.495 e. The lowest BCUT2D eigenvalue weighted by atomic mass is 10.3. The van der Waals surface area contributed by atoms with Gasteiger partial charge >= 0.3 is 0 Å². The number of benzene rings is 3. The van der Waals surface area contributed by atoms with Gasteiger partial charge in [-0.25, -0.2) is 0 Å². The van der Waals surface area contributed by atoms with Gasteiger partial charge in [0, 0.05) is 15.6 Å². The van der Waals surface area contributed by atoms with E-state index >= 15 is 0 Å². The van der Waals surface area contributed by atoms with E-state index in [1.54, 1.807) is 42.5 Å². The Bertz CT molecular complexity index is 1050. The molecule has 2 N–H and O–H groups in total. The van der Waals surface area contributed by atoms with Crippen LogP contribution in [0.25, 0.3) is 0 Å². The molecule has 0 heterocycles. The van der Waals surface area contributed by atoms with E-state index in [-0.39, 0.29) is 24.2 Å². The monoisotopic (exact) mass is 456 g/mol. The zero-order chi connectivity index (χ0) is 22.1. The van der Waals surface area contributed by atoms with Crippen LogP contribution in [0.15, 0.2) is 77.7 Å². The lowest BCUT2D eigenvalue weighted by molar-refractivity contribution is -0.118. The fourth-order valence-electron chi connectivity index (χ4n) is 2.64.